The second kappa shape index (κ2) is 5.18. The van der Waals surface area contributed by atoms with Crippen LogP contribution in [0, 0.1) is 0 Å². The molecule has 0 atom stereocenters. The number of ether oxygens (including phenoxy) is 1. The summed E-state index contributed by atoms with van der Waals surface area (Å²) >= 11 is 13.3. The Morgan fingerprint density at radius 3 is 2.72 bits per heavy atom. The van der Waals surface area contributed by atoms with Crippen LogP contribution >= 0.6 is 34.5 Å². The zero-order valence-electron chi connectivity index (χ0n) is 9.37. The first-order valence-corrected chi connectivity index (χ1v) is 6.59. The van der Waals surface area contributed by atoms with Gasteiger partial charge in [-0.15, -0.1) is 11.3 Å². The van der Waals surface area contributed by atoms with Crippen LogP contribution in [0.2, 0.25) is 10.0 Å². The SMILES string of the molecule is COC(=O)c1scc(-c2cccc(Cl)c2Cl)c1N. The fraction of sp³-hybridized carbons (Fsp3) is 0.0833. The van der Waals surface area contributed by atoms with Gasteiger partial charge in [0.25, 0.3) is 0 Å². The van der Waals surface area contributed by atoms with E-state index < -0.39 is 5.97 Å². The molecule has 0 saturated heterocycles. The van der Waals surface area contributed by atoms with Gasteiger partial charge in [-0.2, -0.15) is 0 Å². The third-order valence-corrected chi connectivity index (χ3v) is 4.24. The molecule has 0 aliphatic carbocycles. The molecule has 0 bridgehead atoms. The maximum atomic E-state index is 11.5. The number of anilines is 1. The van der Waals surface area contributed by atoms with Crippen LogP contribution in [0.4, 0.5) is 5.69 Å². The fourth-order valence-electron chi connectivity index (χ4n) is 1.54. The second-order valence-corrected chi connectivity index (χ2v) is 5.15. The highest BCUT2D eigenvalue weighted by atomic mass is 35.5. The topological polar surface area (TPSA) is 52.3 Å². The molecule has 1 heterocycles. The Morgan fingerprint density at radius 1 is 1.33 bits per heavy atom. The molecule has 0 unspecified atom stereocenters. The second-order valence-electron chi connectivity index (χ2n) is 3.49. The number of carbonyl (C=O) groups is 1. The number of rotatable bonds is 2. The summed E-state index contributed by atoms with van der Waals surface area (Å²) in [6.07, 6.45) is 0. The van der Waals surface area contributed by atoms with Crippen LogP contribution in [-0.4, -0.2) is 13.1 Å². The number of esters is 1. The number of carbonyl (C=O) groups excluding carboxylic acids is 1. The highest BCUT2D eigenvalue weighted by molar-refractivity contribution is 7.13. The zero-order chi connectivity index (χ0) is 13.3. The van der Waals surface area contributed by atoms with E-state index in [4.69, 9.17) is 28.9 Å². The minimum atomic E-state index is -0.457. The highest BCUT2D eigenvalue weighted by Gasteiger charge is 2.19. The van der Waals surface area contributed by atoms with Crippen molar-refractivity contribution in [3.05, 3.63) is 38.5 Å². The Morgan fingerprint density at radius 2 is 2.06 bits per heavy atom. The van der Waals surface area contributed by atoms with Crippen molar-refractivity contribution in [1.29, 1.82) is 0 Å². The van der Waals surface area contributed by atoms with E-state index in [2.05, 4.69) is 4.74 Å². The molecule has 0 amide bonds. The van der Waals surface area contributed by atoms with Gasteiger partial charge in [0.2, 0.25) is 0 Å². The van der Waals surface area contributed by atoms with Crippen molar-refractivity contribution in [1.82, 2.24) is 0 Å². The molecule has 2 aromatic rings. The molecule has 0 aliphatic rings. The molecule has 1 aromatic carbocycles. The van der Waals surface area contributed by atoms with Crippen molar-refractivity contribution < 1.29 is 9.53 Å². The predicted octanol–water partition coefficient (Wildman–Crippen LogP) is 4.09. The van der Waals surface area contributed by atoms with Crippen molar-refractivity contribution >= 4 is 46.2 Å². The highest BCUT2D eigenvalue weighted by Crippen LogP contribution is 2.40. The van der Waals surface area contributed by atoms with E-state index in [9.17, 15) is 4.79 Å². The fourth-order valence-corrected chi connectivity index (χ4v) is 2.85. The van der Waals surface area contributed by atoms with E-state index in [1.165, 1.54) is 18.4 Å². The maximum Gasteiger partial charge on any atom is 0.350 e. The third-order valence-electron chi connectivity index (χ3n) is 2.44. The summed E-state index contributed by atoms with van der Waals surface area (Å²) in [5, 5.41) is 2.62. The van der Waals surface area contributed by atoms with Crippen LogP contribution in [0.1, 0.15) is 9.67 Å². The van der Waals surface area contributed by atoms with E-state index in [1.54, 1.807) is 23.6 Å². The van der Waals surface area contributed by atoms with Gasteiger partial charge in [0.15, 0.2) is 0 Å². The number of thiophene rings is 1. The number of hydrogen-bond donors (Lipinski definition) is 1. The van der Waals surface area contributed by atoms with Gasteiger partial charge in [-0.1, -0.05) is 35.3 Å². The summed E-state index contributed by atoms with van der Waals surface area (Å²) in [6, 6.07) is 5.27. The lowest BCUT2D eigenvalue weighted by Gasteiger charge is -2.05. The maximum absolute atomic E-state index is 11.5. The quantitative estimate of drug-likeness (QED) is 0.850. The largest absolute Gasteiger partial charge is 0.465 e. The molecule has 2 N–H and O–H groups in total. The van der Waals surface area contributed by atoms with Gasteiger partial charge < -0.3 is 10.5 Å². The smallest absolute Gasteiger partial charge is 0.350 e. The Kier molecular flexibility index (Phi) is 3.80. The average Bonchev–Trinajstić information content (AvgIpc) is 2.74. The van der Waals surface area contributed by atoms with E-state index in [-0.39, 0.29) is 0 Å². The minimum Gasteiger partial charge on any atom is -0.465 e. The summed E-state index contributed by atoms with van der Waals surface area (Å²) in [5.74, 6) is -0.457. The first-order valence-electron chi connectivity index (χ1n) is 4.96. The summed E-state index contributed by atoms with van der Waals surface area (Å²) < 4.78 is 4.65. The first kappa shape index (κ1) is 13.2. The lowest BCUT2D eigenvalue weighted by atomic mass is 10.1. The Hall–Kier alpha value is -1.23. The molecule has 0 fully saturated rings. The molecule has 94 valence electrons. The van der Waals surface area contributed by atoms with E-state index in [0.717, 1.165) is 0 Å². The molecule has 18 heavy (non-hydrogen) atoms. The van der Waals surface area contributed by atoms with Crippen molar-refractivity contribution in [3.63, 3.8) is 0 Å². The number of benzene rings is 1. The number of nitrogen functional groups attached to an aromatic ring is 1. The predicted molar refractivity (Wildman–Crippen MR) is 75.5 cm³/mol. The summed E-state index contributed by atoms with van der Waals surface area (Å²) in [4.78, 5) is 11.8. The molecule has 6 heteroatoms. The molecule has 0 radical (unpaired) electrons. The van der Waals surface area contributed by atoms with Gasteiger partial charge in [0.05, 0.1) is 22.8 Å². The van der Waals surface area contributed by atoms with Gasteiger partial charge in [-0.05, 0) is 6.07 Å². The summed E-state index contributed by atoms with van der Waals surface area (Å²) in [7, 11) is 1.31. The van der Waals surface area contributed by atoms with Crippen LogP contribution in [0.3, 0.4) is 0 Å². The zero-order valence-corrected chi connectivity index (χ0v) is 11.7. The van der Waals surface area contributed by atoms with Gasteiger partial charge in [0.1, 0.15) is 4.88 Å². The Labute approximate surface area is 118 Å². The molecule has 3 nitrogen and oxygen atoms in total. The third kappa shape index (κ3) is 2.19. The molecule has 0 spiro atoms. The lowest BCUT2D eigenvalue weighted by molar-refractivity contribution is 0.0607. The van der Waals surface area contributed by atoms with Crippen LogP contribution in [0.25, 0.3) is 11.1 Å². The van der Waals surface area contributed by atoms with E-state index >= 15 is 0 Å². The van der Waals surface area contributed by atoms with Crippen LogP contribution in [0.5, 0.6) is 0 Å². The van der Waals surface area contributed by atoms with Gasteiger partial charge >= 0.3 is 5.97 Å². The standard InChI is InChI=1S/C12H9Cl2NO2S/c1-17-12(16)11-10(15)7(5-18-11)6-3-2-4-8(13)9(6)14/h2-5H,15H2,1H3. The van der Waals surface area contributed by atoms with Crippen molar-refractivity contribution in [3.8, 4) is 11.1 Å². The van der Waals surface area contributed by atoms with E-state index in [0.29, 0.717) is 31.7 Å². The molecule has 2 rings (SSSR count). The van der Waals surface area contributed by atoms with Crippen molar-refractivity contribution in [2.45, 2.75) is 0 Å². The first-order chi connectivity index (χ1) is 8.56. The summed E-state index contributed by atoms with van der Waals surface area (Å²) in [6.45, 7) is 0. The molecular weight excluding hydrogens is 293 g/mol. The average molecular weight is 302 g/mol. The van der Waals surface area contributed by atoms with Crippen LogP contribution in [0.15, 0.2) is 23.6 Å². The lowest BCUT2D eigenvalue weighted by Crippen LogP contribution is -2.02. The monoisotopic (exact) mass is 301 g/mol. The molecular formula is C12H9Cl2NO2S. The number of halogens is 2. The molecule has 0 aliphatic heterocycles. The van der Waals surface area contributed by atoms with Crippen molar-refractivity contribution in [2.75, 3.05) is 12.8 Å². The Balaban J connectivity index is 2.56. The summed E-state index contributed by atoms with van der Waals surface area (Å²) in [5.41, 5.74) is 7.69. The van der Waals surface area contributed by atoms with E-state index in [1.807, 2.05) is 0 Å². The normalized spacial score (nSPS) is 10.4. The number of methoxy groups -OCH3 is 1. The Bertz CT molecular complexity index is 610. The van der Waals surface area contributed by atoms with Crippen LogP contribution in [-0.2, 0) is 4.74 Å². The van der Waals surface area contributed by atoms with Crippen LogP contribution < -0.4 is 5.73 Å². The molecule has 1 aromatic heterocycles. The minimum absolute atomic E-state index is 0.357. The van der Waals surface area contributed by atoms with Crippen molar-refractivity contribution in [2.24, 2.45) is 0 Å². The van der Waals surface area contributed by atoms with Gasteiger partial charge in [-0.3, -0.25) is 0 Å². The molecule has 0 saturated carbocycles. The number of hydrogen-bond acceptors (Lipinski definition) is 4. The van der Waals surface area contributed by atoms with Gasteiger partial charge in [0, 0.05) is 16.5 Å². The van der Waals surface area contributed by atoms with Gasteiger partial charge in [-0.25, -0.2) is 4.79 Å². The number of nitrogens with two attached hydrogens (primary N) is 1.